The molecule has 1 aliphatic rings. The molecule has 11 heteroatoms. The summed E-state index contributed by atoms with van der Waals surface area (Å²) in [5, 5.41) is 3.36. The molecule has 174 valence electrons. The number of carbonyl (C=O) groups excluding carboxylic acids is 2. The molecule has 0 bridgehead atoms. The standard InChI is InChI=1S/C22H25N5O5S/c1-3-26-19(29)17-18(24-21(33-17)25-11-7-8-12-25)27(22(26)31)13-16(28)23-15-10-6-5-9-14(15)20(30)32-4-2/h5-6,9-10H,3-4,7-8,11-13H2,1-2H3,(H,23,28). The predicted octanol–water partition coefficient (Wildman–Crippen LogP) is 2.06. The lowest BCUT2D eigenvalue weighted by Crippen LogP contribution is -2.41. The fraction of sp³-hybridized carbons (Fsp3) is 0.409. The zero-order valence-electron chi connectivity index (χ0n) is 18.5. The first-order valence-electron chi connectivity index (χ1n) is 10.9. The van der Waals surface area contributed by atoms with Gasteiger partial charge in [-0.25, -0.2) is 14.6 Å². The van der Waals surface area contributed by atoms with E-state index in [2.05, 4.69) is 15.2 Å². The van der Waals surface area contributed by atoms with Gasteiger partial charge < -0.3 is 15.0 Å². The van der Waals surface area contributed by atoms with E-state index in [1.807, 2.05) is 0 Å². The highest BCUT2D eigenvalue weighted by molar-refractivity contribution is 7.22. The average Bonchev–Trinajstić information content (AvgIpc) is 3.48. The number of esters is 1. The molecule has 4 rings (SSSR count). The zero-order chi connectivity index (χ0) is 23.5. The summed E-state index contributed by atoms with van der Waals surface area (Å²) in [4.78, 5) is 57.7. The molecular formula is C22H25N5O5S. The number of hydrogen-bond acceptors (Lipinski definition) is 8. The largest absolute Gasteiger partial charge is 0.462 e. The quantitative estimate of drug-likeness (QED) is 0.525. The fourth-order valence-electron chi connectivity index (χ4n) is 3.85. The molecule has 0 atom stereocenters. The molecule has 0 aliphatic carbocycles. The van der Waals surface area contributed by atoms with E-state index in [0.29, 0.717) is 9.83 Å². The van der Waals surface area contributed by atoms with Gasteiger partial charge in [0.2, 0.25) is 5.91 Å². The average molecular weight is 472 g/mol. The lowest BCUT2D eigenvalue weighted by atomic mass is 10.2. The van der Waals surface area contributed by atoms with Crippen LogP contribution in [0.5, 0.6) is 0 Å². The van der Waals surface area contributed by atoms with Crippen LogP contribution in [0.4, 0.5) is 10.8 Å². The second-order valence-corrected chi connectivity index (χ2v) is 8.55. The van der Waals surface area contributed by atoms with Gasteiger partial charge in [-0.05, 0) is 38.8 Å². The third kappa shape index (κ3) is 4.40. The molecular weight excluding hydrogens is 446 g/mol. The number of benzene rings is 1. The Kier molecular flexibility index (Phi) is 6.59. The number of hydrogen-bond donors (Lipinski definition) is 1. The van der Waals surface area contributed by atoms with Crippen LogP contribution in [0.2, 0.25) is 0 Å². The fourth-order valence-corrected chi connectivity index (χ4v) is 4.92. The Hall–Kier alpha value is -3.47. The highest BCUT2D eigenvalue weighted by atomic mass is 32.1. The van der Waals surface area contributed by atoms with Crippen LogP contribution in [0, 0.1) is 0 Å². The van der Waals surface area contributed by atoms with E-state index < -0.39 is 23.1 Å². The number of carbonyl (C=O) groups is 2. The topological polar surface area (TPSA) is 116 Å². The van der Waals surface area contributed by atoms with Crippen molar-refractivity contribution in [2.45, 2.75) is 39.8 Å². The zero-order valence-corrected chi connectivity index (χ0v) is 19.3. The van der Waals surface area contributed by atoms with Crippen molar-refractivity contribution in [3.8, 4) is 0 Å². The molecule has 1 N–H and O–H groups in total. The summed E-state index contributed by atoms with van der Waals surface area (Å²) in [5.74, 6) is -1.07. The number of anilines is 2. The third-order valence-corrected chi connectivity index (χ3v) is 6.54. The van der Waals surface area contributed by atoms with Crippen LogP contribution in [0.15, 0.2) is 33.9 Å². The molecule has 2 aromatic heterocycles. The van der Waals surface area contributed by atoms with Gasteiger partial charge in [-0.1, -0.05) is 23.5 Å². The van der Waals surface area contributed by atoms with Gasteiger partial charge in [0.25, 0.3) is 5.56 Å². The molecule has 0 saturated carbocycles. The predicted molar refractivity (Wildman–Crippen MR) is 126 cm³/mol. The number of thiazole rings is 1. The number of amides is 1. The summed E-state index contributed by atoms with van der Waals surface area (Å²) in [7, 11) is 0. The molecule has 0 unspecified atom stereocenters. The van der Waals surface area contributed by atoms with Crippen molar-refractivity contribution in [1.82, 2.24) is 14.1 Å². The van der Waals surface area contributed by atoms with E-state index in [1.165, 1.54) is 15.9 Å². The molecule has 1 amide bonds. The molecule has 10 nitrogen and oxygen atoms in total. The van der Waals surface area contributed by atoms with E-state index in [1.54, 1.807) is 38.1 Å². The summed E-state index contributed by atoms with van der Waals surface area (Å²) < 4.78 is 7.71. The summed E-state index contributed by atoms with van der Waals surface area (Å²) in [6.07, 6.45) is 2.09. The highest BCUT2D eigenvalue weighted by Gasteiger charge is 2.23. The number of aromatic nitrogens is 3. The Bertz CT molecular complexity index is 1320. The Morgan fingerprint density at radius 2 is 1.85 bits per heavy atom. The Morgan fingerprint density at radius 3 is 2.55 bits per heavy atom. The van der Waals surface area contributed by atoms with E-state index in [9.17, 15) is 19.2 Å². The number of fused-ring (bicyclic) bond motifs is 1. The first kappa shape index (κ1) is 22.7. The van der Waals surface area contributed by atoms with Gasteiger partial charge in [0.15, 0.2) is 10.8 Å². The van der Waals surface area contributed by atoms with Crippen molar-refractivity contribution in [3.05, 3.63) is 50.7 Å². The third-order valence-electron chi connectivity index (χ3n) is 5.45. The van der Waals surface area contributed by atoms with Crippen LogP contribution >= 0.6 is 11.3 Å². The molecule has 1 aliphatic heterocycles. The monoisotopic (exact) mass is 471 g/mol. The molecule has 3 aromatic rings. The minimum Gasteiger partial charge on any atom is -0.462 e. The summed E-state index contributed by atoms with van der Waals surface area (Å²) in [5.41, 5.74) is -0.291. The molecule has 0 radical (unpaired) electrons. The van der Waals surface area contributed by atoms with Crippen LogP contribution in [-0.2, 0) is 22.6 Å². The van der Waals surface area contributed by atoms with Crippen LogP contribution < -0.4 is 21.5 Å². The number of ether oxygens (including phenoxy) is 1. The number of nitrogens with one attached hydrogen (secondary N) is 1. The second kappa shape index (κ2) is 9.57. The van der Waals surface area contributed by atoms with Crippen molar-refractivity contribution < 1.29 is 14.3 Å². The van der Waals surface area contributed by atoms with E-state index in [-0.39, 0.29) is 36.6 Å². The van der Waals surface area contributed by atoms with Gasteiger partial charge in [-0.3, -0.25) is 18.7 Å². The maximum atomic E-state index is 13.0. The first-order valence-corrected chi connectivity index (χ1v) is 11.7. The van der Waals surface area contributed by atoms with E-state index >= 15 is 0 Å². The van der Waals surface area contributed by atoms with E-state index in [4.69, 9.17) is 4.74 Å². The Morgan fingerprint density at radius 1 is 1.12 bits per heavy atom. The normalized spacial score (nSPS) is 13.5. The summed E-state index contributed by atoms with van der Waals surface area (Å²) in [6, 6.07) is 6.49. The molecule has 1 saturated heterocycles. The van der Waals surface area contributed by atoms with Crippen molar-refractivity contribution in [2.24, 2.45) is 0 Å². The van der Waals surface area contributed by atoms with Crippen LogP contribution in [0.3, 0.4) is 0 Å². The van der Waals surface area contributed by atoms with Crippen molar-refractivity contribution in [2.75, 3.05) is 29.9 Å². The highest BCUT2D eigenvalue weighted by Crippen LogP contribution is 2.28. The first-order chi connectivity index (χ1) is 15.9. The van der Waals surface area contributed by atoms with Crippen LogP contribution in [0.1, 0.15) is 37.0 Å². The number of para-hydroxylation sites is 1. The summed E-state index contributed by atoms with van der Waals surface area (Å²) in [6.45, 7) is 5.12. The minimum absolute atomic E-state index is 0.178. The van der Waals surface area contributed by atoms with E-state index in [0.717, 1.165) is 30.5 Å². The van der Waals surface area contributed by atoms with Gasteiger partial charge in [0.1, 0.15) is 11.2 Å². The second-order valence-electron chi connectivity index (χ2n) is 7.58. The number of rotatable bonds is 7. The van der Waals surface area contributed by atoms with Crippen molar-refractivity contribution in [3.63, 3.8) is 0 Å². The maximum absolute atomic E-state index is 13.0. The number of nitrogens with zero attached hydrogens (tertiary/aromatic N) is 4. The maximum Gasteiger partial charge on any atom is 0.340 e. The minimum atomic E-state index is -0.595. The SMILES string of the molecule is CCOC(=O)c1ccccc1NC(=O)Cn1c(=O)n(CC)c(=O)c2sc(N3CCCC3)nc21. The van der Waals surface area contributed by atoms with Crippen LogP contribution in [-0.4, -0.2) is 45.7 Å². The Labute approximate surface area is 193 Å². The summed E-state index contributed by atoms with van der Waals surface area (Å²) >= 11 is 1.25. The lowest BCUT2D eigenvalue weighted by molar-refractivity contribution is -0.116. The molecule has 0 spiro atoms. The van der Waals surface area contributed by atoms with Gasteiger partial charge >= 0.3 is 11.7 Å². The van der Waals surface area contributed by atoms with Crippen molar-refractivity contribution in [1.29, 1.82) is 0 Å². The van der Waals surface area contributed by atoms with Gasteiger partial charge in [-0.15, -0.1) is 0 Å². The van der Waals surface area contributed by atoms with Crippen LogP contribution in [0.25, 0.3) is 10.3 Å². The van der Waals surface area contributed by atoms with Gasteiger partial charge in [-0.2, -0.15) is 0 Å². The molecule has 3 heterocycles. The van der Waals surface area contributed by atoms with Gasteiger partial charge in [0, 0.05) is 19.6 Å². The lowest BCUT2D eigenvalue weighted by Gasteiger charge is -2.13. The molecule has 1 fully saturated rings. The van der Waals surface area contributed by atoms with Gasteiger partial charge in [0.05, 0.1) is 17.9 Å². The molecule has 33 heavy (non-hydrogen) atoms. The molecule has 1 aromatic carbocycles. The smallest absolute Gasteiger partial charge is 0.340 e. The van der Waals surface area contributed by atoms with Crippen molar-refractivity contribution >= 4 is 44.4 Å². The Balaban J connectivity index is 1.70.